The molecule has 0 fully saturated rings. The predicted octanol–water partition coefficient (Wildman–Crippen LogP) is 1.97. The van der Waals surface area contributed by atoms with Crippen molar-refractivity contribution in [2.24, 2.45) is 11.7 Å². The molecule has 2 atom stereocenters. The number of hydrogen-bond donors (Lipinski definition) is 2. The van der Waals surface area contributed by atoms with Crippen LogP contribution in [-0.4, -0.2) is 22.1 Å². The minimum Gasteiger partial charge on any atom is -0.339 e. The Morgan fingerprint density at radius 3 is 2.75 bits per heavy atom. The van der Waals surface area contributed by atoms with E-state index in [4.69, 9.17) is 10.3 Å². The van der Waals surface area contributed by atoms with Crippen LogP contribution >= 0.6 is 0 Å². The second-order valence-electron chi connectivity index (χ2n) is 4.85. The van der Waals surface area contributed by atoms with E-state index in [0.717, 1.165) is 5.56 Å². The van der Waals surface area contributed by atoms with Gasteiger partial charge in [0.2, 0.25) is 17.6 Å². The van der Waals surface area contributed by atoms with Gasteiger partial charge in [0.25, 0.3) is 0 Å². The van der Waals surface area contributed by atoms with Gasteiger partial charge in [-0.15, -0.1) is 0 Å². The van der Waals surface area contributed by atoms with Crippen molar-refractivity contribution in [3.05, 3.63) is 30.2 Å². The van der Waals surface area contributed by atoms with E-state index in [2.05, 4.69) is 15.5 Å². The molecule has 106 valence electrons. The van der Waals surface area contributed by atoms with Crippen LogP contribution in [0.5, 0.6) is 0 Å². The van der Waals surface area contributed by atoms with E-state index in [1.807, 2.05) is 25.1 Å². The number of carbonyl (C=O) groups is 1. The van der Waals surface area contributed by atoms with Gasteiger partial charge in [0.15, 0.2) is 0 Å². The summed E-state index contributed by atoms with van der Waals surface area (Å²) in [7, 11) is 0. The van der Waals surface area contributed by atoms with E-state index in [0.29, 0.717) is 17.4 Å². The van der Waals surface area contributed by atoms with Crippen LogP contribution in [0.1, 0.15) is 19.7 Å². The van der Waals surface area contributed by atoms with E-state index in [1.54, 1.807) is 19.9 Å². The Labute approximate surface area is 117 Å². The number of rotatable bonds is 4. The SMILES string of the molecule is Cc1nc(-c2cccc(NC(=O)C(C)C(C)N)c2)no1. The third-order valence-electron chi connectivity index (χ3n) is 3.12. The number of carbonyl (C=O) groups excluding carboxylic acids is 1. The number of nitrogens with one attached hydrogen (secondary N) is 1. The molecular weight excluding hydrogens is 256 g/mol. The van der Waals surface area contributed by atoms with Gasteiger partial charge in [0.1, 0.15) is 0 Å². The zero-order valence-electron chi connectivity index (χ0n) is 11.8. The van der Waals surface area contributed by atoms with Gasteiger partial charge in [-0.25, -0.2) is 0 Å². The van der Waals surface area contributed by atoms with Gasteiger partial charge >= 0.3 is 0 Å². The molecule has 1 aromatic carbocycles. The quantitative estimate of drug-likeness (QED) is 0.888. The number of amides is 1. The molecule has 1 aromatic heterocycles. The number of nitrogens with zero attached hydrogens (tertiary/aromatic N) is 2. The standard InChI is InChI=1S/C14H18N4O2/c1-8(9(2)15)14(19)17-12-6-4-5-11(7-12)13-16-10(3)20-18-13/h4-9H,15H2,1-3H3,(H,17,19). The predicted molar refractivity (Wildman–Crippen MR) is 75.9 cm³/mol. The smallest absolute Gasteiger partial charge is 0.228 e. The van der Waals surface area contributed by atoms with Crippen LogP contribution in [0, 0.1) is 12.8 Å². The van der Waals surface area contributed by atoms with Gasteiger partial charge in [-0.2, -0.15) is 4.98 Å². The van der Waals surface area contributed by atoms with Gasteiger partial charge in [0, 0.05) is 24.2 Å². The fourth-order valence-electron chi connectivity index (χ4n) is 1.65. The first-order valence-electron chi connectivity index (χ1n) is 6.44. The molecule has 0 bridgehead atoms. The number of benzene rings is 1. The molecule has 0 aliphatic carbocycles. The van der Waals surface area contributed by atoms with E-state index in [-0.39, 0.29) is 17.9 Å². The van der Waals surface area contributed by atoms with E-state index >= 15 is 0 Å². The Kier molecular flexibility index (Phi) is 4.14. The van der Waals surface area contributed by atoms with Crippen molar-refractivity contribution < 1.29 is 9.32 Å². The van der Waals surface area contributed by atoms with Crippen molar-refractivity contribution >= 4 is 11.6 Å². The molecule has 20 heavy (non-hydrogen) atoms. The summed E-state index contributed by atoms with van der Waals surface area (Å²) in [5.41, 5.74) is 7.19. The third kappa shape index (κ3) is 3.21. The van der Waals surface area contributed by atoms with Gasteiger partial charge in [-0.3, -0.25) is 4.79 Å². The Morgan fingerprint density at radius 2 is 2.15 bits per heavy atom. The molecule has 6 heteroatoms. The number of aryl methyl sites for hydroxylation is 1. The maximum atomic E-state index is 12.0. The molecule has 6 nitrogen and oxygen atoms in total. The Hall–Kier alpha value is -2.21. The van der Waals surface area contributed by atoms with Crippen molar-refractivity contribution in [1.82, 2.24) is 10.1 Å². The Bertz CT molecular complexity index is 607. The van der Waals surface area contributed by atoms with Crippen LogP contribution in [0.15, 0.2) is 28.8 Å². The summed E-state index contributed by atoms with van der Waals surface area (Å²) < 4.78 is 4.94. The monoisotopic (exact) mass is 274 g/mol. The van der Waals surface area contributed by atoms with Gasteiger partial charge < -0.3 is 15.6 Å². The Morgan fingerprint density at radius 1 is 1.40 bits per heavy atom. The lowest BCUT2D eigenvalue weighted by Gasteiger charge is -2.15. The fraction of sp³-hybridized carbons (Fsp3) is 0.357. The zero-order valence-corrected chi connectivity index (χ0v) is 11.8. The first kappa shape index (κ1) is 14.2. The van der Waals surface area contributed by atoms with Gasteiger partial charge in [-0.1, -0.05) is 24.2 Å². The Balaban J connectivity index is 2.16. The summed E-state index contributed by atoms with van der Waals surface area (Å²) in [4.78, 5) is 16.1. The van der Waals surface area contributed by atoms with Crippen molar-refractivity contribution in [3.8, 4) is 11.4 Å². The molecule has 0 saturated carbocycles. The van der Waals surface area contributed by atoms with Crippen LogP contribution in [0.2, 0.25) is 0 Å². The number of hydrogen-bond acceptors (Lipinski definition) is 5. The number of nitrogens with two attached hydrogens (primary N) is 1. The third-order valence-corrected chi connectivity index (χ3v) is 3.12. The normalized spacial score (nSPS) is 13.8. The lowest BCUT2D eigenvalue weighted by atomic mass is 10.0. The van der Waals surface area contributed by atoms with Crippen LogP contribution in [0.3, 0.4) is 0 Å². The van der Waals surface area contributed by atoms with Crippen molar-refractivity contribution in [2.75, 3.05) is 5.32 Å². The molecule has 0 aliphatic rings. The molecule has 2 aromatic rings. The molecule has 1 heterocycles. The second-order valence-corrected chi connectivity index (χ2v) is 4.85. The second kappa shape index (κ2) is 5.83. The average molecular weight is 274 g/mol. The maximum Gasteiger partial charge on any atom is 0.228 e. The fourth-order valence-corrected chi connectivity index (χ4v) is 1.65. The molecule has 0 spiro atoms. The summed E-state index contributed by atoms with van der Waals surface area (Å²) in [6, 6.07) is 7.10. The first-order valence-corrected chi connectivity index (χ1v) is 6.44. The van der Waals surface area contributed by atoms with Crippen LogP contribution in [-0.2, 0) is 4.79 Å². The number of anilines is 1. The van der Waals surface area contributed by atoms with Crippen LogP contribution < -0.4 is 11.1 Å². The topological polar surface area (TPSA) is 94.0 Å². The summed E-state index contributed by atoms with van der Waals surface area (Å²) >= 11 is 0. The highest BCUT2D eigenvalue weighted by Crippen LogP contribution is 2.20. The van der Waals surface area contributed by atoms with Crippen molar-refractivity contribution in [2.45, 2.75) is 26.8 Å². The van der Waals surface area contributed by atoms with Crippen molar-refractivity contribution in [1.29, 1.82) is 0 Å². The molecule has 0 saturated heterocycles. The lowest BCUT2D eigenvalue weighted by molar-refractivity contribution is -0.119. The van der Waals surface area contributed by atoms with E-state index < -0.39 is 0 Å². The van der Waals surface area contributed by atoms with Crippen molar-refractivity contribution in [3.63, 3.8) is 0 Å². The molecular formula is C14H18N4O2. The molecule has 0 radical (unpaired) electrons. The molecule has 2 rings (SSSR count). The van der Waals surface area contributed by atoms with Crippen LogP contribution in [0.25, 0.3) is 11.4 Å². The van der Waals surface area contributed by atoms with E-state index in [1.165, 1.54) is 0 Å². The average Bonchev–Trinajstić information content (AvgIpc) is 2.84. The molecule has 1 amide bonds. The van der Waals surface area contributed by atoms with Crippen LogP contribution in [0.4, 0.5) is 5.69 Å². The first-order chi connectivity index (χ1) is 9.47. The van der Waals surface area contributed by atoms with E-state index in [9.17, 15) is 4.79 Å². The molecule has 0 aliphatic heterocycles. The largest absolute Gasteiger partial charge is 0.339 e. The summed E-state index contributed by atoms with van der Waals surface area (Å²) in [6.07, 6.45) is 0. The zero-order chi connectivity index (χ0) is 14.7. The minimum absolute atomic E-state index is 0.110. The summed E-state index contributed by atoms with van der Waals surface area (Å²) in [6.45, 7) is 5.33. The summed E-state index contributed by atoms with van der Waals surface area (Å²) in [5.74, 6) is 0.631. The maximum absolute atomic E-state index is 12.0. The lowest BCUT2D eigenvalue weighted by Crippen LogP contribution is -2.34. The highest BCUT2D eigenvalue weighted by molar-refractivity contribution is 5.93. The molecule has 3 N–H and O–H groups in total. The highest BCUT2D eigenvalue weighted by Gasteiger charge is 2.17. The summed E-state index contributed by atoms with van der Waals surface area (Å²) in [5, 5.41) is 6.69. The number of aromatic nitrogens is 2. The highest BCUT2D eigenvalue weighted by atomic mass is 16.5. The van der Waals surface area contributed by atoms with Gasteiger partial charge in [0.05, 0.1) is 5.92 Å². The minimum atomic E-state index is -0.258. The van der Waals surface area contributed by atoms with Gasteiger partial charge in [-0.05, 0) is 19.1 Å². The molecule has 2 unspecified atom stereocenters.